The molecule has 8 heteroatoms. The molecule has 1 fully saturated rings. The van der Waals surface area contributed by atoms with E-state index in [1.165, 1.54) is 0 Å². The van der Waals surface area contributed by atoms with Crippen molar-refractivity contribution in [2.45, 2.75) is 25.9 Å². The van der Waals surface area contributed by atoms with Crippen LogP contribution in [0.3, 0.4) is 0 Å². The monoisotopic (exact) mass is 318 g/mol. The summed E-state index contributed by atoms with van der Waals surface area (Å²) >= 11 is 0. The SMILES string of the molecule is CN1CCCCC1=Nc1nc(OCc2ccn(C)n2)ncc1F. The van der Waals surface area contributed by atoms with Crippen LogP contribution in [0.15, 0.2) is 23.5 Å². The molecule has 2 aromatic rings. The van der Waals surface area contributed by atoms with Gasteiger partial charge in [-0.2, -0.15) is 10.1 Å². The second-order valence-electron chi connectivity index (χ2n) is 5.50. The van der Waals surface area contributed by atoms with Crippen molar-refractivity contribution < 1.29 is 9.13 Å². The van der Waals surface area contributed by atoms with E-state index in [0.717, 1.165) is 43.5 Å². The highest BCUT2D eigenvalue weighted by molar-refractivity contribution is 5.84. The van der Waals surface area contributed by atoms with Crippen LogP contribution in [0.4, 0.5) is 10.2 Å². The van der Waals surface area contributed by atoms with Crippen molar-refractivity contribution in [1.82, 2.24) is 24.6 Å². The van der Waals surface area contributed by atoms with E-state index >= 15 is 0 Å². The van der Waals surface area contributed by atoms with Crippen LogP contribution in [-0.2, 0) is 13.7 Å². The van der Waals surface area contributed by atoms with Crippen LogP contribution < -0.4 is 4.74 Å². The Kier molecular flexibility index (Phi) is 4.50. The van der Waals surface area contributed by atoms with Gasteiger partial charge in [-0.1, -0.05) is 0 Å². The number of rotatable bonds is 4. The first-order valence-corrected chi connectivity index (χ1v) is 7.54. The van der Waals surface area contributed by atoms with Gasteiger partial charge >= 0.3 is 6.01 Å². The van der Waals surface area contributed by atoms with E-state index in [-0.39, 0.29) is 18.4 Å². The molecule has 3 heterocycles. The molecule has 1 saturated heterocycles. The Morgan fingerprint density at radius 2 is 2.22 bits per heavy atom. The number of piperidine rings is 1. The molecule has 0 aromatic carbocycles. The van der Waals surface area contributed by atoms with Gasteiger partial charge < -0.3 is 9.64 Å². The van der Waals surface area contributed by atoms with Gasteiger partial charge in [-0.25, -0.2) is 14.4 Å². The molecule has 0 aliphatic carbocycles. The summed E-state index contributed by atoms with van der Waals surface area (Å²) in [4.78, 5) is 14.3. The maximum Gasteiger partial charge on any atom is 0.318 e. The number of aromatic nitrogens is 4. The minimum absolute atomic E-state index is 0.0137. The normalized spacial score (nSPS) is 16.8. The predicted molar refractivity (Wildman–Crippen MR) is 83.1 cm³/mol. The predicted octanol–water partition coefficient (Wildman–Crippen LogP) is 2.07. The highest BCUT2D eigenvalue weighted by atomic mass is 19.1. The highest BCUT2D eigenvalue weighted by Gasteiger charge is 2.15. The quantitative estimate of drug-likeness (QED) is 0.863. The zero-order valence-corrected chi connectivity index (χ0v) is 13.2. The molecule has 2 aromatic heterocycles. The molecule has 0 radical (unpaired) electrons. The van der Waals surface area contributed by atoms with Crippen molar-refractivity contribution in [3.05, 3.63) is 30.0 Å². The molecular weight excluding hydrogens is 299 g/mol. The summed E-state index contributed by atoms with van der Waals surface area (Å²) in [5.74, 6) is 0.297. The van der Waals surface area contributed by atoms with Crippen molar-refractivity contribution in [3.63, 3.8) is 0 Å². The third-order valence-electron chi connectivity index (χ3n) is 3.64. The summed E-state index contributed by atoms with van der Waals surface area (Å²) in [5, 5.41) is 4.20. The maximum absolute atomic E-state index is 13.9. The fourth-order valence-electron chi connectivity index (χ4n) is 2.38. The molecule has 0 spiro atoms. The van der Waals surface area contributed by atoms with E-state index in [9.17, 15) is 4.39 Å². The van der Waals surface area contributed by atoms with Crippen LogP contribution in [0.5, 0.6) is 6.01 Å². The lowest BCUT2D eigenvalue weighted by molar-refractivity contribution is 0.274. The van der Waals surface area contributed by atoms with E-state index in [1.807, 2.05) is 31.3 Å². The van der Waals surface area contributed by atoms with Gasteiger partial charge in [0.05, 0.1) is 11.9 Å². The summed E-state index contributed by atoms with van der Waals surface area (Å²) in [6, 6.07) is 1.93. The Bertz CT molecular complexity index is 714. The van der Waals surface area contributed by atoms with Gasteiger partial charge in [-0.05, 0) is 18.9 Å². The van der Waals surface area contributed by atoms with Crippen molar-refractivity contribution in [2.24, 2.45) is 12.0 Å². The maximum atomic E-state index is 13.9. The summed E-state index contributed by atoms with van der Waals surface area (Å²) < 4.78 is 21.0. The Balaban J connectivity index is 1.74. The molecule has 1 aliphatic heterocycles. The van der Waals surface area contributed by atoms with E-state index in [2.05, 4.69) is 20.1 Å². The average Bonchev–Trinajstić information content (AvgIpc) is 2.96. The molecule has 0 unspecified atom stereocenters. The number of amidine groups is 1. The van der Waals surface area contributed by atoms with Gasteiger partial charge in [0.15, 0.2) is 11.6 Å². The number of hydrogen-bond donors (Lipinski definition) is 0. The summed E-state index contributed by atoms with van der Waals surface area (Å²) in [5.41, 5.74) is 0.750. The smallest absolute Gasteiger partial charge is 0.318 e. The average molecular weight is 318 g/mol. The van der Waals surface area contributed by atoms with E-state index in [0.29, 0.717) is 0 Å². The first kappa shape index (κ1) is 15.4. The first-order chi connectivity index (χ1) is 11.1. The van der Waals surface area contributed by atoms with Crippen molar-refractivity contribution in [1.29, 1.82) is 0 Å². The zero-order chi connectivity index (χ0) is 16.2. The topological polar surface area (TPSA) is 68.4 Å². The number of nitrogens with zero attached hydrogens (tertiary/aromatic N) is 6. The third-order valence-corrected chi connectivity index (χ3v) is 3.64. The Labute approximate surface area is 133 Å². The number of ether oxygens (including phenoxy) is 1. The van der Waals surface area contributed by atoms with Crippen molar-refractivity contribution >= 4 is 11.7 Å². The molecule has 122 valence electrons. The molecule has 0 amide bonds. The van der Waals surface area contributed by atoms with Gasteiger partial charge in [0, 0.05) is 33.3 Å². The second-order valence-corrected chi connectivity index (χ2v) is 5.50. The Morgan fingerprint density at radius 3 is 2.96 bits per heavy atom. The van der Waals surface area contributed by atoms with Crippen molar-refractivity contribution in [3.8, 4) is 6.01 Å². The number of aliphatic imine (C=N–C) groups is 1. The van der Waals surface area contributed by atoms with Gasteiger partial charge in [0.1, 0.15) is 12.4 Å². The van der Waals surface area contributed by atoms with Crippen molar-refractivity contribution in [2.75, 3.05) is 13.6 Å². The molecule has 0 saturated carbocycles. The number of likely N-dealkylation sites (tertiary alicyclic amines) is 1. The Hall–Kier alpha value is -2.51. The van der Waals surface area contributed by atoms with Gasteiger partial charge in [0.25, 0.3) is 0 Å². The molecule has 3 rings (SSSR count). The first-order valence-electron chi connectivity index (χ1n) is 7.54. The molecule has 1 aliphatic rings. The molecular formula is C15H19FN6O. The Morgan fingerprint density at radius 1 is 1.35 bits per heavy atom. The van der Waals surface area contributed by atoms with Crippen LogP contribution in [0, 0.1) is 5.82 Å². The third kappa shape index (κ3) is 3.82. The number of hydrogen-bond acceptors (Lipinski definition) is 5. The second kappa shape index (κ2) is 6.72. The minimum Gasteiger partial charge on any atom is -0.457 e. The zero-order valence-electron chi connectivity index (χ0n) is 13.2. The molecule has 23 heavy (non-hydrogen) atoms. The van der Waals surface area contributed by atoms with Crippen LogP contribution in [0.1, 0.15) is 25.0 Å². The number of halogens is 1. The highest BCUT2D eigenvalue weighted by Crippen LogP contribution is 2.20. The van der Waals surface area contributed by atoms with E-state index < -0.39 is 5.82 Å². The van der Waals surface area contributed by atoms with Crippen LogP contribution in [0.25, 0.3) is 0 Å². The van der Waals surface area contributed by atoms with Crippen LogP contribution in [-0.4, -0.2) is 44.1 Å². The van der Waals surface area contributed by atoms with Gasteiger partial charge in [0.2, 0.25) is 0 Å². The lowest BCUT2D eigenvalue weighted by Gasteiger charge is -2.25. The molecule has 7 nitrogen and oxygen atoms in total. The lowest BCUT2D eigenvalue weighted by atomic mass is 10.1. The fraction of sp³-hybridized carbons (Fsp3) is 0.467. The summed E-state index contributed by atoms with van der Waals surface area (Å²) in [6.07, 6.45) is 5.91. The lowest BCUT2D eigenvalue weighted by Crippen LogP contribution is -2.31. The van der Waals surface area contributed by atoms with E-state index in [1.54, 1.807) is 4.68 Å². The fourth-order valence-corrected chi connectivity index (χ4v) is 2.38. The van der Waals surface area contributed by atoms with E-state index in [4.69, 9.17) is 4.74 Å². The van der Waals surface area contributed by atoms with Gasteiger partial charge in [-0.15, -0.1) is 0 Å². The van der Waals surface area contributed by atoms with Crippen LogP contribution >= 0.6 is 0 Å². The standard InChI is InChI=1S/C15H19FN6O/c1-21-7-4-3-5-13(21)18-14-12(16)9-17-15(19-14)23-10-11-6-8-22(2)20-11/h6,8-9H,3-5,7,10H2,1-2H3. The van der Waals surface area contributed by atoms with Crippen LogP contribution in [0.2, 0.25) is 0 Å². The largest absolute Gasteiger partial charge is 0.457 e. The number of aryl methyl sites for hydroxylation is 1. The minimum atomic E-state index is -0.554. The molecule has 0 atom stereocenters. The summed E-state index contributed by atoms with van der Waals surface area (Å²) in [6.45, 7) is 1.15. The van der Waals surface area contributed by atoms with Gasteiger partial charge in [-0.3, -0.25) is 4.68 Å². The summed E-state index contributed by atoms with van der Waals surface area (Å²) in [7, 11) is 3.78. The molecule has 0 bridgehead atoms. The molecule has 0 N–H and O–H groups in total.